The van der Waals surface area contributed by atoms with Crippen LogP contribution < -0.4 is 10.4 Å². The summed E-state index contributed by atoms with van der Waals surface area (Å²) in [6, 6.07) is 9.88. The monoisotopic (exact) mass is 322 g/mol. The maximum atomic E-state index is 14.3. The predicted molar refractivity (Wildman–Crippen MR) is 103 cm³/mol. The van der Waals surface area contributed by atoms with Crippen molar-refractivity contribution < 1.29 is 4.39 Å². The molecule has 24 heavy (non-hydrogen) atoms. The Morgan fingerprint density at radius 3 is 2.29 bits per heavy atom. The summed E-state index contributed by atoms with van der Waals surface area (Å²) in [6.45, 7) is 12.5. The van der Waals surface area contributed by atoms with Crippen LogP contribution in [0.2, 0.25) is 0 Å². The smallest absolute Gasteiger partial charge is 0.126 e. The molecule has 0 unspecified atom stereocenters. The van der Waals surface area contributed by atoms with Gasteiger partial charge in [0.15, 0.2) is 0 Å². The molecule has 0 heterocycles. The minimum atomic E-state index is -0.136. The number of halogens is 1. The number of rotatable bonds is 5. The fourth-order valence-corrected chi connectivity index (χ4v) is 3.14. The summed E-state index contributed by atoms with van der Waals surface area (Å²) in [4.78, 5) is 0. The van der Waals surface area contributed by atoms with Gasteiger partial charge in [-0.3, -0.25) is 0 Å². The number of allylic oxidation sites excluding steroid dienone is 2. The quantitative estimate of drug-likeness (QED) is 0.752. The van der Waals surface area contributed by atoms with Crippen LogP contribution in [-0.4, -0.2) is 0 Å². The highest BCUT2D eigenvalue weighted by atomic mass is 19.1. The first-order chi connectivity index (χ1) is 11.5. The molecule has 126 valence electrons. The highest BCUT2D eigenvalue weighted by Crippen LogP contribution is 2.15. The normalized spacial score (nSPS) is 12.7. The molecule has 1 heteroatoms. The molecular weight excluding hydrogens is 295 g/mol. The van der Waals surface area contributed by atoms with E-state index in [-0.39, 0.29) is 5.82 Å². The van der Waals surface area contributed by atoms with Gasteiger partial charge in [0.25, 0.3) is 0 Å². The van der Waals surface area contributed by atoms with E-state index in [0.29, 0.717) is 6.42 Å². The Bertz CT molecular complexity index is 856. The molecule has 2 rings (SSSR count). The minimum absolute atomic E-state index is 0.136. The molecule has 0 aliphatic carbocycles. The van der Waals surface area contributed by atoms with Gasteiger partial charge in [0.1, 0.15) is 5.82 Å². The second-order valence-electron chi connectivity index (χ2n) is 6.28. The molecule has 0 N–H and O–H groups in total. The molecule has 0 aromatic heterocycles. The molecule has 0 nitrogen and oxygen atoms in total. The van der Waals surface area contributed by atoms with E-state index in [1.165, 1.54) is 11.1 Å². The van der Waals surface area contributed by atoms with E-state index in [2.05, 4.69) is 38.6 Å². The molecular formula is C23H27F. The Morgan fingerprint density at radius 2 is 1.71 bits per heavy atom. The predicted octanol–water partition coefficient (Wildman–Crippen LogP) is 4.64. The number of hydrogen-bond acceptors (Lipinski definition) is 0. The van der Waals surface area contributed by atoms with Crippen molar-refractivity contribution in [2.24, 2.45) is 0 Å². The van der Waals surface area contributed by atoms with E-state index in [0.717, 1.165) is 40.0 Å². The van der Waals surface area contributed by atoms with E-state index in [1.807, 2.05) is 32.1 Å². The van der Waals surface area contributed by atoms with Crippen LogP contribution >= 0.6 is 0 Å². The summed E-state index contributed by atoms with van der Waals surface area (Å²) >= 11 is 0. The van der Waals surface area contributed by atoms with Crippen LogP contribution in [0, 0.1) is 12.7 Å². The second-order valence-corrected chi connectivity index (χ2v) is 6.28. The third-order valence-electron chi connectivity index (χ3n) is 4.49. The summed E-state index contributed by atoms with van der Waals surface area (Å²) in [6.07, 6.45) is 6.68. The molecule has 0 aliphatic rings. The molecule has 2 aromatic rings. The minimum Gasteiger partial charge on any atom is -0.207 e. The van der Waals surface area contributed by atoms with Gasteiger partial charge in [-0.25, -0.2) is 4.39 Å². The second kappa shape index (κ2) is 8.10. The lowest BCUT2D eigenvalue weighted by molar-refractivity contribution is 0.614. The number of aryl methyl sites for hydroxylation is 3. The molecule has 0 saturated carbocycles. The van der Waals surface area contributed by atoms with Crippen molar-refractivity contribution in [2.45, 2.75) is 47.0 Å². The van der Waals surface area contributed by atoms with E-state index in [9.17, 15) is 4.39 Å². The van der Waals surface area contributed by atoms with Crippen molar-refractivity contribution >= 4 is 12.2 Å². The van der Waals surface area contributed by atoms with Gasteiger partial charge in [-0.1, -0.05) is 56.8 Å². The van der Waals surface area contributed by atoms with Gasteiger partial charge in [0.05, 0.1) is 0 Å². The number of benzene rings is 2. The molecule has 0 radical (unpaired) electrons. The SMILES string of the molecule is C=c1cc(CC)c(CC)c/c1=C(/C=CC)Cc1ccc(C)cc1F. The first kappa shape index (κ1) is 18.2. The summed E-state index contributed by atoms with van der Waals surface area (Å²) in [5, 5.41) is 2.15. The summed E-state index contributed by atoms with van der Waals surface area (Å²) in [7, 11) is 0. The maximum Gasteiger partial charge on any atom is 0.126 e. The van der Waals surface area contributed by atoms with Crippen LogP contribution in [0.1, 0.15) is 43.0 Å². The van der Waals surface area contributed by atoms with Gasteiger partial charge in [-0.15, -0.1) is 0 Å². The first-order valence-corrected chi connectivity index (χ1v) is 8.71. The van der Waals surface area contributed by atoms with Crippen molar-refractivity contribution in [1.82, 2.24) is 0 Å². The average molecular weight is 322 g/mol. The zero-order chi connectivity index (χ0) is 17.7. The lowest BCUT2D eigenvalue weighted by atomic mass is 9.95. The Balaban J connectivity index is 2.65. The van der Waals surface area contributed by atoms with E-state index in [4.69, 9.17) is 0 Å². The first-order valence-electron chi connectivity index (χ1n) is 8.71. The summed E-state index contributed by atoms with van der Waals surface area (Å²) < 4.78 is 14.3. The van der Waals surface area contributed by atoms with Crippen molar-refractivity contribution in [3.63, 3.8) is 0 Å². The molecule has 0 amide bonds. The molecule has 0 spiro atoms. The largest absolute Gasteiger partial charge is 0.207 e. The van der Waals surface area contributed by atoms with Crippen molar-refractivity contribution in [1.29, 1.82) is 0 Å². The van der Waals surface area contributed by atoms with E-state index < -0.39 is 0 Å². The van der Waals surface area contributed by atoms with Crippen LogP contribution in [0.15, 0.2) is 42.5 Å². The molecule has 0 saturated heterocycles. The van der Waals surface area contributed by atoms with Gasteiger partial charge in [0.2, 0.25) is 0 Å². The summed E-state index contributed by atoms with van der Waals surface area (Å²) in [5.41, 5.74) is 5.49. The Morgan fingerprint density at radius 1 is 1.04 bits per heavy atom. The van der Waals surface area contributed by atoms with Crippen molar-refractivity contribution in [3.8, 4) is 0 Å². The van der Waals surface area contributed by atoms with Gasteiger partial charge in [-0.05, 0) is 71.0 Å². The standard InChI is InChI=1S/C23H27F/c1-6-9-20(14-21-11-10-16(4)12-23(21)24)22-15-19(8-3)18(7-2)13-17(22)5/h6,9-13,15H,5,7-8,14H2,1-4H3/b9-6?,22-20+. The van der Waals surface area contributed by atoms with Crippen molar-refractivity contribution in [3.05, 3.63) is 81.0 Å². The third kappa shape index (κ3) is 4.03. The van der Waals surface area contributed by atoms with Crippen molar-refractivity contribution in [2.75, 3.05) is 0 Å². The zero-order valence-electron chi connectivity index (χ0n) is 15.2. The fraction of sp³-hybridized carbons (Fsp3) is 0.304. The zero-order valence-corrected chi connectivity index (χ0v) is 15.2. The molecule has 0 atom stereocenters. The fourth-order valence-electron chi connectivity index (χ4n) is 3.14. The molecule has 0 bridgehead atoms. The highest BCUT2D eigenvalue weighted by molar-refractivity contribution is 5.60. The van der Waals surface area contributed by atoms with Gasteiger partial charge >= 0.3 is 0 Å². The molecule has 0 fully saturated rings. The maximum absolute atomic E-state index is 14.3. The van der Waals surface area contributed by atoms with Gasteiger partial charge in [-0.2, -0.15) is 0 Å². The van der Waals surface area contributed by atoms with Gasteiger partial charge in [0, 0.05) is 6.42 Å². The van der Waals surface area contributed by atoms with Crippen LogP contribution in [0.5, 0.6) is 0 Å². The average Bonchev–Trinajstić information content (AvgIpc) is 2.56. The third-order valence-corrected chi connectivity index (χ3v) is 4.49. The van der Waals surface area contributed by atoms with Crippen LogP contribution in [0.3, 0.4) is 0 Å². The Labute approximate surface area is 145 Å². The Kier molecular flexibility index (Phi) is 6.14. The molecule has 2 aromatic carbocycles. The topological polar surface area (TPSA) is 0 Å². The Hall–Kier alpha value is -2.15. The van der Waals surface area contributed by atoms with Crippen LogP contribution in [0.4, 0.5) is 4.39 Å². The lowest BCUT2D eigenvalue weighted by Crippen LogP contribution is -2.28. The lowest BCUT2D eigenvalue weighted by Gasteiger charge is -2.10. The summed E-state index contributed by atoms with van der Waals surface area (Å²) in [5.74, 6) is -0.136. The van der Waals surface area contributed by atoms with Crippen LogP contribution in [-0.2, 0) is 19.3 Å². The van der Waals surface area contributed by atoms with E-state index in [1.54, 1.807) is 6.07 Å². The van der Waals surface area contributed by atoms with Crippen LogP contribution in [0.25, 0.3) is 12.2 Å². The van der Waals surface area contributed by atoms with Gasteiger partial charge < -0.3 is 0 Å². The van der Waals surface area contributed by atoms with E-state index >= 15 is 0 Å². The highest BCUT2D eigenvalue weighted by Gasteiger charge is 2.07. The molecule has 0 aliphatic heterocycles. The number of hydrogen-bond donors (Lipinski definition) is 0.